The Morgan fingerprint density at radius 1 is 1.30 bits per heavy atom. The number of aryl methyl sites for hydroxylation is 1. The molecule has 0 N–H and O–H groups in total. The third-order valence-corrected chi connectivity index (χ3v) is 3.96. The average Bonchev–Trinajstić information content (AvgIpc) is 2.91. The van der Waals surface area contributed by atoms with E-state index in [2.05, 4.69) is 6.07 Å². The van der Waals surface area contributed by atoms with Crippen molar-refractivity contribution >= 4 is 28.1 Å². The largest absolute Gasteiger partial charge is 0.358 e. The summed E-state index contributed by atoms with van der Waals surface area (Å²) in [6.45, 7) is 4.00. The van der Waals surface area contributed by atoms with Crippen LogP contribution in [0.2, 0.25) is 0 Å². The number of halogens is 1. The van der Waals surface area contributed by atoms with Gasteiger partial charge in [0.05, 0.1) is 0 Å². The molecule has 0 saturated carbocycles. The Morgan fingerprint density at radius 2 is 1.87 bits per heavy atom. The van der Waals surface area contributed by atoms with Gasteiger partial charge in [0.15, 0.2) is 5.69 Å². The molecule has 23 heavy (non-hydrogen) atoms. The van der Waals surface area contributed by atoms with Crippen molar-refractivity contribution in [2.75, 3.05) is 5.88 Å². The molecule has 0 aliphatic heterocycles. The maximum Gasteiger partial charge on any atom is 0.170 e. The summed E-state index contributed by atoms with van der Waals surface area (Å²) in [5, 5.41) is 12.7. The van der Waals surface area contributed by atoms with Gasteiger partial charge in [-0.1, -0.05) is 56.3 Å². The number of non-ortho nitro benzene ring substituents is 1. The number of nitrogens with zero attached hydrogens (tertiary/aromatic N) is 1. The van der Waals surface area contributed by atoms with Crippen molar-refractivity contribution in [3.63, 3.8) is 0 Å². The molecule has 0 saturated heterocycles. The molecule has 1 radical (unpaired) electrons. The van der Waals surface area contributed by atoms with Gasteiger partial charge in [0.2, 0.25) is 0 Å². The molecule has 0 spiro atoms. The fourth-order valence-corrected chi connectivity index (χ4v) is 3.10. The zero-order chi connectivity index (χ0) is 14.7. The van der Waals surface area contributed by atoms with Crippen molar-refractivity contribution < 1.29 is 58.7 Å². The number of benzene rings is 2. The Balaban J connectivity index is 0. The van der Waals surface area contributed by atoms with Crippen LogP contribution < -0.4 is 0 Å². The summed E-state index contributed by atoms with van der Waals surface area (Å²) < 4.78 is 0. The molecule has 3 rings (SSSR count). The number of alkyl halides is 1. The molecule has 0 bridgehead atoms. The molecule has 0 fully saturated rings. The minimum Gasteiger partial charge on any atom is -0.358 e. The first-order valence-corrected chi connectivity index (χ1v) is 7.43. The van der Waals surface area contributed by atoms with Crippen LogP contribution in [-0.2, 0) is 60.2 Å². The first-order valence-electron chi connectivity index (χ1n) is 6.89. The maximum absolute atomic E-state index is 11.1. The summed E-state index contributed by atoms with van der Waals surface area (Å²) in [7, 11) is 0. The second-order valence-corrected chi connectivity index (χ2v) is 4.87. The van der Waals surface area contributed by atoms with Crippen LogP contribution in [0.5, 0.6) is 0 Å². The number of hydrogen-bond acceptors (Lipinski definition) is 2. The molecule has 0 amide bonds. The van der Waals surface area contributed by atoms with Gasteiger partial charge in [0, 0.05) is 64.6 Å². The summed E-state index contributed by atoms with van der Waals surface area (Å²) in [5.41, 5.74) is 2.21. The van der Waals surface area contributed by atoms with Crippen molar-refractivity contribution in [2.24, 2.45) is 0 Å². The second-order valence-electron chi connectivity index (χ2n) is 4.56. The minimum atomic E-state index is -0.351. The van der Waals surface area contributed by atoms with Crippen LogP contribution in [0.3, 0.4) is 0 Å². The zero-order valence-electron chi connectivity index (χ0n) is 13.6. The summed E-state index contributed by atoms with van der Waals surface area (Å²) in [5.74, 6) is 0.853. The van der Waals surface area contributed by atoms with E-state index in [0.717, 1.165) is 29.4 Å². The maximum atomic E-state index is 11.1. The second kappa shape index (κ2) is 11.7. The van der Waals surface area contributed by atoms with E-state index in [1.807, 2.05) is 32.0 Å². The molecule has 0 heterocycles. The van der Waals surface area contributed by atoms with Crippen molar-refractivity contribution in [1.29, 1.82) is 0 Å². The van der Waals surface area contributed by atoms with Gasteiger partial charge >= 0.3 is 0 Å². The number of nitro benzene ring substituents is 1. The number of fused-ring (bicyclic) bond motifs is 3. The van der Waals surface area contributed by atoms with Gasteiger partial charge in [0.1, 0.15) is 0 Å². The first-order chi connectivity index (χ1) is 9.72. The molecule has 1 aliphatic rings. The first kappa shape index (κ1) is 25.4. The number of hydrogen-bond donors (Lipinski definition) is 0. The van der Waals surface area contributed by atoms with E-state index in [1.54, 1.807) is 6.07 Å². The molecule has 1 atom stereocenters. The van der Waals surface area contributed by atoms with Crippen LogP contribution in [0.15, 0.2) is 24.3 Å². The van der Waals surface area contributed by atoms with E-state index in [0.29, 0.717) is 17.2 Å². The van der Waals surface area contributed by atoms with E-state index in [-0.39, 0.29) is 71.8 Å². The fourth-order valence-electron chi connectivity index (χ4n) is 2.79. The van der Waals surface area contributed by atoms with Gasteiger partial charge in [-0.15, -0.1) is 28.6 Å². The van der Waals surface area contributed by atoms with Crippen molar-refractivity contribution in [2.45, 2.75) is 32.6 Å². The van der Waals surface area contributed by atoms with Gasteiger partial charge in [-0.25, -0.2) is 0 Å². The van der Waals surface area contributed by atoms with Crippen LogP contribution in [0.25, 0.3) is 10.8 Å². The van der Waals surface area contributed by atoms with Crippen LogP contribution in [0.4, 0.5) is 5.69 Å². The molecular weight excluding hydrogens is 558 g/mol. The molecular formula is C17H20ClNO2WY-2. The quantitative estimate of drug-likeness (QED) is 0.211. The molecule has 1 unspecified atom stereocenters. The van der Waals surface area contributed by atoms with E-state index in [4.69, 9.17) is 11.6 Å². The van der Waals surface area contributed by atoms with E-state index < -0.39 is 0 Å². The Bertz CT molecular complexity index is 652. The van der Waals surface area contributed by atoms with Crippen LogP contribution in [0.1, 0.15) is 37.3 Å². The van der Waals surface area contributed by atoms with E-state index in [1.165, 1.54) is 0 Å². The standard InChI is InChI=1S/C14H11ClNO2.C2H6.CH3.W.Y/c15-8-10-6-5-9-7-13(16(17)18)11-3-1-2-4-12(11)14(9)10;1-2;;;/h1-4,10H,5-6,8H2;1-2H3;1H3;;/q-1;;-1;;. The van der Waals surface area contributed by atoms with Gasteiger partial charge in [-0.2, -0.15) is 5.56 Å². The smallest absolute Gasteiger partial charge is 0.170 e. The van der Waals surface area contributed by atoms with Crippen LogP contribution >= 0.6 is 11.6 Å². The summed E-state index contributed by atoms with van der Waals surface area (Å²) >= 11 is 5.99. The Labute approximate surface area is 182 Å². The van der Waals surface area contributed by atoms with E-state index in [9.17, 15) is 10.1 Å². The van der Waals surface area contributed by atoms with Crippen LogP contribution in [-0.4, -0.2) is 10.8 Å². The predicted octanol–water partition coefficient (Wildman–Crippen LogP) is 5.29. The molecule has 3 nitrogen and oxygen atoms in total. The molecule has 2 aromatic carbocycles. The fraction of sp³-hybridized carbons (Fsp3) is 0.353. The molecule has 123 valence electrons. The van der Waals surface area contributed by atoms with Crippen molar-refractivity contribution in [3.8, 4) is 0 Å². The molecule has 1 aliphatic carbocycles. The van der Waals surface area contributed by atoms with Gasteiger partial charge in [-0.05, 0) is 5.92 Å². The predicted molar refractivity (Wildman–Crippen MR) is 89.0 cm³/mol. The average molecular weight is 579 g/mol. The van der Waals surface area contributed by atoms with Gasteiger partial charge < -0.3 is 7.43 Å². The topological polar surface area (TPSA) is 43.1 Å². The summed E-state index contributed by atoms with van der Waals surface area (Å²) in [6.07, 6.45) is 1.79. The van der Waals surface area contributed by atoms with E-state index >= 15 is 0 Å². The third-order valence-electron chi connectivity index (χ3n) is 3.59. The van der Waals surface area contributed by atoms with Gasteiger partial charge in [0.25, 0.3) is 0 Å². The number of rotatable bonds is 2. The Hall–Kier alpha value is 0.182. The minimum absolute atomic E-state index is 0. The summed E-state index contributed by atoms with van der Waals surface area (Å²) in [6, 6.07) is 10.4. The third kappa shape index (κ3) is 5.08. The Morgan fingerprint density at radius 3 is 2.39 bits per heavy atom. The normalized spacial score (nSPS) is 14.3. The molecule has 2 aromatic rings. The number of nitro groups is 1. The molecule has 0 aromatic heterocycles. The SMILES string of the molecule is CC.O=[N+]([O-])c1[c-]c2c(c3ccccc13)C(CCl)CC2.[CH3-].[W].[Y]. The van der Waals surface area contributed by atoms with Crippen LogP contribution in [0, 0.1) is 23.6 Å². The van der Waals surface area contributed by atoms with Crippen molar-refractivity contribution in [3.05, 3.63) is 59.0 Å². The van der Waals surface area contributed by atoms with Crippen molar-refractivity contribution in [1.82, 2.24) is 0 Å². The monoisotopic (exact) mass is 578 g/mol. The molecule has 6 heteroatoms. The zero-order valence-corrected chi connectivity index (χ0v) is 20.2. The van der Waals surface area contributed by atoms with Gasteiger partial charge in [-0.3, -0.25) is 10.1 Å². The Kier molecular flexibility index (Phi) is 12.9. The summed E-state index contributed by atoms with van der Waals surface area (Å²) in [4.78, 5) is 10.8.